The van der Waals surface area contributed by atoms with Crippen molar-refractivity contribution in [2.24, 2.45) is 0 Å². The second-order valence-electron chi connectivity index (χ2n) is 4.58. The van der Waals surface area contributed by atoms with Crippen LogP contribution in [-0.4, -0.2) is 18.2 Å². The molecule has 0 N–H and O–H groups in total. The molecule has 0 atom stereocenters. The maximum Gasteiger partial charge on any atom is 0.162 e. The number of thiazole rings is 1. The highest BCUT2D eigenvalue weighted by Gasteiger charge is 2.14. The molecular formula is C14H15NO2S. The van der Waals surface area contributed by atoms with E-state index in [4.69, 9.17) is 9.47 Å². The zero-order valence-electron chi connectivity index (χ0n) is 10.5. The highest BCUT2D eigenvalue weighted by molar-refractivity contribution is 7.15. The number of aromatic nitrogens is 1. The van der Waals surface area contributed by atoms with Crippen LogP contribution in [0.15, 0.2) is 24.4 Å². The summed E-state index contributed by atoms with van der Waals surface area (Å²) >= 11 is 1.74. The molecule has 18 heavy (non-hydrogen) atoms. The number of hydrogen-bond acceptors (Lipinski definition) is 4. The lowest BCUT2D eigenvalue weighted by Crippen LogP contribution is -2.15. The molecule has 4 heteroatoms. The Morgan fingerprint density at radius 2 is 1.94 bits per heavy atom. The fourth-order valence-corrected chi connectivity index (χ4v) is 2.80. The SMILES string of the molecule is CC(C)c1ncc(-c2ccc3c(c2)OCCO3)s1. The average molecular weight is 261 g/mol. The maximum absolute atomic E-state index is 5.60. The number of hydrogen-bond donors (Lipinski definition) is 0. The van der Waals surface area contributed by atoms with Crippen LogP contribution in [0.2, 0.25) is 0 Å². The Labute approximate surface area is 110 Å². The minimum atomic E-state index is 0.473. The first-order valence-corrected chi connectivity index (χ1v) is 6.91. The van der Waals surface area contributed by atoms with Crippen LogP contribution in [0.1, 0.15) is 24.8 Å². The second kappa shape index (κ2) is 4.61. The van der Waals surface area contributed by atoms with Gasteiger partial charge in [0.1, 0.15) is 13.2 Å². The van der Waals surface area contributed by atoms with E-state index in [1.54, 1.807) is 11.3 Å². The van der Waals surface area contributed by atoms with Crippen LogP contribution in [0.25, 0.3) is 10.4 Å². The molecular weight excluding hydrogens is 246 g/mol. The topological polar surface area (TPSA) is 31.4 Å². The Morgan fingerprint density at radius 3 is 2.67 bits per heavy atom. The Kier molecular flexibility index (Phi) is 2.96. The van der Waals surface area contributed by atoms with E-state index in [2.05, 4.69) is 24.9 Å². The molecule has 0 bridgehead atoms. The van der Waals surface area contributed by atoms with E-state index in [0.29, 0.717) is 19.1 Å². The van der Waals surface area contributed by atoms with Crippen LogP contribution >= 0.6 is 11.3 Å². The third-order valence-electron chi connectivity index (χ3n) is 2.84. The van der Waals surface area contributed by atoms with Crippen molar-refractivity contribution in [3.63, 3.8) is 0 Å². The minimum absolute atomic E-state index is 0.473. The van der Waals surface area contributed by atoms with Crippen molar-refractivity contribution in [2.45, 2.75) is 19.8 Å². The molecule has 2 aromatic rings. The van der Waals surface area contributed by atoms with Crippen molar-refractivity contribution in [2.75, 3.05) is 13.2 Å². The van der Waals surface area contributed by atoms with Crippen LogP contribution < -0.4 is 9.47 Å². The van der Waals surface area contributed by atoms with E-state index in [9.17, 15) is 0 Å². The molecule has 0 amide bonds. The lowest BCUT2D eigenvalue weighted by Gasteiger charge is -2.18. The van der Waals surface area contributed by atoms with Gasteiger partial charge in [-0.3, -0.25) is 0 Å². The van der Waals surface area contributed by atoms with Crippen LogP contribution in [0.5, 0.6) is 11.5 Å². The quantitative estimate of drug-likeness (QED) is 0.826. The van der Waals surface area contributed by atoms with Gasteiger partial charge in [0.15, 0.2) is 11.5 Å². The molecule has 0 fully saturated rings. The Morgan fingerprint density at radius 1 is 1.17 bits per heavy atom. The first-order valence-electron chi connectivity index (χ1n) is 6.10. The Balaban J connectivity index is 1.95. The van der Waals surface area contributed by atoms with Crippen LogP contribution in [0.3, 0.4) is 0 Å². The molecule has 2 heterocycles. The summed E-state index contributed by atoms with van der Waals surface area (Å²) in [5, 5.41) is 1.17. The van der Waals surface area contributed by atoms with E-state index >= 15 is 0 Å². The average Bonchev–Trinajstić information content (AvgIpc) is 2.88. The third-order valence-corrected chi connectivity index (χ3v) is 4.19. The fraction of sp³-hybridized carbons (Fsp3) is 0.357. The zero-order valence-corrected chi connectivity index (χ0v) is 11.3. The van der Waals surface area contributed by atoms with Crippen molar-refractivity contribution in [1.29, 1.82) is 0 Å². The summed E-state index contributed by atoms with van der Waals surface area (Å²) in [4.78, 5) is 5.63. The van der Waals surface area contributed by atoms with Gasteiger partial charge in [-0.05, 0) is 23.8 Å². The van der Waals surface area contributed by atoms with Crippen molar-refractivity contribution in [3.05, 3.63) is 29.4 Å². The molecule has 0 spiro atoms. The Bertz CT molecular complexity index is 563. The minimum Gasteiger partial charge on any atom is -0.486 e. The van der Waals surface area contributed by atoms with Gasteiger partial charge < -0.3 is 9.47 Å². The smallest absolute Gasteiger partial charge is 0.162 e. The van der Waals surface area contributed by atoms with Gasteiger partial charge in [0.2, 0.25) is 0 Å². The largest absolute Gasteiger partial charge is 0.486 e. The highest BCUT2D eigenvalue weighted by atomic mass is 32.1. The van der Waals surface area contributed by atoms with E-state index in [0.717, 1.165) is 17.1 Å². The van der Waals surface area contributed by atoms with Gasteiger partial charge in [-0.1, -0.05) is 13.8 Å². The molecule has 1 aliphatic rings. The van der Waals surface area contributed by atoms with E-state index in [-0.39, 0.29) is 0 Å². The van der Waals surface area contributed by atoms with Crippen molar-refractivity contribution >= 4 is 11.3 Å². The van der Waals surface area contributed by atoms with Crippen molar-refractivity contribution in [1.82, 2.24) is 4.98 Å². The first kappa shape index (κ1) is 11.5. The fourth-order valence-electron chi connectivity index (χ4n) is 1.88. The van der Waals surface area contributed by atoms with Gasteiger partial charge in [-0.25, -0.2) is 4.98 Å². The van der Waals surface area contributed by atoms with Crippen molar-refractivity contribution in [3.8, 4) is 21.9 Å². The third kappa shape index (κ3) is 2.08. The van der Waals surface area contributed by atoms with Gasteiger partial charge >= 0.3 is 0 Å². The number of nitrogens with zero attached hydrogens (tertiary/aromatic N) is 1. The van der Waals surface area contributed by atoms with E-state index < -0.39 is 0 Å². The molecule has 94 valence electrons. The lowest BCUT2D eigenvalue weighted by atomic mass is 10.2. The van der Waals surface area contributed by atoms with Gasteiger partial charge in [0.05, 0.1) is 9.88 Å². The Hall–Kier alpha value is -1.55. The van der Waals surface area contributed by atoms with Crippen molar-refractivity contribution < 1.29 is 9.47 Å². The lowest BCUT2D eigenvalue weighted by molar-refractivity contribution is 0.171. The molecule has 0 radical (unpaired) electrons. The molecule has 0 saturated heterocycles. The standard InChI is InChI=1S/C14H15NO2S/c1-9(2)14-15-8-13(18-14)10-3-4-11-12(7-10)17-6-5-16-11/h3-4,7-9H,5-6H2,1-2H3. The molecule has 3 nitrogen and oxygen atoms in total. The maximum atomic E-state index is 5.60. The monoisotopic (exact) mass is 261 g/mol. The predicted octanol–water partition coefficient (Wildman–Crippen LogP) is 3.70. The molecule has 1 aromatic carbocycles. The molecule has 1 aliphatic heterocycles. The summed E-state index contributed by atoms with van der Waals surface area (Å²) in [7, 11) is 0. The van der Waals surface area contributed by atoms with Crippen LogP contribution in [-0.2, 0) is 0 Å². The molecule has 0 saturated carbocycles. The normalized spacial score (nSPS) is 13.9. The molecule has 0 unspecified atom stereocenters. The summed E-state index contributed by atoms with van der Waals surface area (Å²) in [6.07, 6.45) is 1.94. The molecule has 1 aromatic heterocycles. The highest BCUT2D eigenvalue weighted by Crippen LogP contribution is 2.37. The zero-order chi connectivity index (χ0) is 12.5. The molecule has 3 rings (SSSR count). The summed E-state index contributed by atoms with van der Waals surface area (Å²) in [6.45, 7) is 5.57. The first-order chi connectivity index (χ1) is 8.74. The molecule has 0 aliphatic carbocycles. The summed E-state index contributed by atoms with van der Waals surface area (Å²) < 4.78 is 11.1. The number of fused-ring (bicyclic) bond motifs is 1. The van der Waals surface area contributed by atoms with E-state index in [1.165, 1.54) is 9.88 Å². The predicted molar refractivity (Wildman–Crippen MR) is 72.6 cm³/mol. The number of rotatable bonds is 2. The van der Waals surface area contributed by atoms with Crippen LogP contribution in [0, 0.1) is 0 Å². The van der Waals surface area contributed by atoms with E-state index in [1.807, 2.05) is 18.3 Å². The number of benzene rings is 1. The number of ether oxygens (including phenoxy) is 2. The van der Waals surface area contributed by atoms with Gasteiger partial charge in [0.25, 0.3) is 0 Å². The summed E-state index contributed by atoms with van der Waals surface area (Å²) in [5.41, 5.74) is 1.14. The summed E-state index contributed by atoms with van der Waals surface area (Å²) in [6, 6.07) is 6.07. The van der Waals surface area contributed by atoms with Gasteiger partial charge in [0, 0.05) is 12.1 Å². The van der Waals surface area contributed by atoms with Gasteiger partial charge in [-0.15, -0.1) is 11.3 Å². The summed E-state index contributed by atoms with van der Waals surface area (Å²) in [5.74, 6) is 2.14. The van der Waals surface area contributed by atoms with Crippen LogP contribution in [0.4, 0.5) is 0 Å². The second-order valence-corrected chi connectivity index (χ2v) is 5.64. The van der Waals surface area contributed by atoms with Gasteiger partial charge in [-0.2, -0.15) is 0 Å².